The maximum Gasteiger partial charge on any atom is 0.311 e. The SMILES string of the molecule is CCCCCCCCC(O)C(CCCCCCC)C(=O)OCC(O)CO. The lowest BCUT2D eigenvalue weighted by Crippen LogP contribution is -2.32. The molecular weight excluding hydrogens is 332 g/mol. The van der Waals surface area contributed by atoms with E-state index in [-0.39, 0.29) is 6.61 Å². The smallest absolute Gasteiger partial charge is 0.311 e. The van der Waals surface area contributed by atoms with Gasteiger partial charge in [-0.25, -0.2) is 0 Å². The molecule has 5 nitrogen and oxygen atoms in total. The Kier molecular flexibility index (Phi) is 17.3. The number of carbonyl (C=O) groups is 1. The van der Waals surface area contributed by atoms with Crippen molar-refractivity contribution in [3.05, 3.63) is 0 Å². The van der Waals surface area contributed by atoms with Gasteiger partial charge in [0.1, 0.15) is 12.7 Å². The standard InChI is InChI=1S/C21H42O5/c1-3-5-7-9-11-13-15-20(24)19(14-12-10-8-6-4-2)21(25)26-17-18(23)16-22/h18-20,22-24H,3-17H2,1-2H3. The third-order valence-corrected chi connectivity index (χ3v) is 4.87. The van der Waals surface area contributed by atoms with Gasteiger partial charge in [0.15, 0.2) is 0 Å². The Morgan fingerprint density at radius 2 is 1.31 bits per heavy atom. The Hall–Kier alpha value is -0.650. The largest absolute Gasteiger partial charge is 0.463 e. The van der Waals surface area contributed by atoms with Gasteiger partial charge in [-0.15, -0.1) is 0 Å². The zero-order valence-corrected chi connectivity index (χ0v) is 17.0. The van der Waals surface area contributed by atoms with Crippen LogP contribution in [0.25, 0.3) is 0 Å². The normalized spacial score (nSPS) is 14.8. The number of aliphatic hydroxyl groups is 3. The van der Waals surface area contributed by atoms with E-state index >= 15 is 0 Å². The van der Waals surface area contributed by atoms with Crippen LogP contribution in [0.3, 0.4) is 0 Å². The zero-order valence-electron chi connectivity index (χ0n) is 17.0. The minimum Gasteiger partial charge on any atom is -0.463 e. The summed E-state index contributed by atoms with van der Waals surface area (Å²) in [6.07, 6.45) is 11.8. The van der Waals surface area contributed by atoms with Crippen molar-refractivity contribution in [1.82, 2.24) is 0 Å². The molecular formula is C21H42O5. The molecule has 0 spiro atoms. The Balaban J connectivity index is 4.32. The molecule has 156 valence electrons. The summed E-state index contributed by atoms with van der Waals surface area (Å²) in [4.78, 5) is 12.3. The van der Waals surface area contributed by atoms with Crippen LogP contribution >= 0.6 is 0 Å². The molecule has 3 unspecified atom stereocenters. The van der Waals surface area contributed by atoms with E-state index in [1.807, 2.05) is 0 Å². The lowest BCUT2D eigenvalue weighted by atomic mass is 9.91. The molecule has 3 N–H and O–H groups in total. The maximum absolute atomic E-state index is 12.3. The van der Waals surface area contributed by atoms with Gasteiger partial charge in [0.05, 0.1) is 18.6 Å². The van der Waals surface area contributed by atoms with Gasteiger partial charge in [-0.1, -0.05) is 84.5 Å². The van der Waals surface area contributed by atoms with Crippen molar-refractivity contribution < 1.29 is 24.9 Å². The molecule has 0 fully saturated rings. The molecule has 0 aromatic heterocycles. The summed E-state index contributed by atoms with van der Waals surface area (Å²) in [7, 11) is 0. The van der Waals surface area contributed by atoms with Crippen LogP contribution < -0.4 is 0 Å². The van der Waals surface area contributed by atoms with Gasteiger partial charge in [0, 0.05) is 0 Å². The number of carbonyl (C=O) groups excluding carboxylic acids is 1. The molecule has 0 heterocycles. The molecule has 0 rings (SSSR count). The minimum absolute atomic E-state index is 0.217. The lowest BCUT2D eigenvalue weighted by molar-refractivity contribution is -0.156. The highest BCUT2D eigenvalue weighted by Crippen LogP contribution is 2.21. The molecule has 5 heteroatoms. The highest BCUT2D eigenvalue weighted by molar-refractivity contribution is 5.73. The highest BCUT2D eigenvalue weighted by Gasteiger charge is 2.28. The van der Waals surface area contributed by atoms with E-state index in [9.17, 15) is 15.0 Å². The number of ether oxygens (including phenoxy) is 1. The average Bonchev–Trinajstić information content (AvgIpc) is 2.64. The summed E-state index contributed by atoms with van der Waals surface area (Å²) in [6.45, 7) is 3.70. The zero-order chi connectivity index (χ0) is 19.6. The van der Waals surface area contributed by atoms with Gasteiger partial charge in [-0.2, -0.15) is 0 Å². The van der Waals surface area contributed by atoms with Crippen molar-refractivity contribution in [1.29, 1.82) is 0 Å². The van der Waals surface area contributed by atoms with Crippen molar-refractivity contribution in [3.8, 4) is 0 Å². The van der Waals surface area contributed by atoms with Gasteiger partial charge >= 0.3 is 5.97 Å². The van der Waals surface area contributed by atoms with Gasteiger partial charge in [0.2, 0.25) is 0 Å². The van der Waals surface area contributed by atoms with Gasteiger partial charge in [-0.05, 0) is 12.8 Å². The Morgan fingerprint density at radius 3 is 1.85 bits per heavy atom. The Labute approximate surface area is 160 Å². The fourth-order valence-corrected chi connectivity index (χ4v) is 3.11. The van der Waals surface area contributed by atoms with Crippen LogP contribution in [0.2, 0.25) is 0 Å². The molecule has 0 aliphatic rings. The summed E-state index contributed by atoms with van der Waals surface area (Å²) >= 11 is 0. The first kappa shape index (κ1) is 25.4. The van der Waals surface area contributed by atoms with Crippen LogP contribution in [0.4, 0.5) is 0 Å². The average molecular weight is 375 g/mol. The molecule has 3 atom stereocenters. The van der Waals surface area contributed by atoms with Crippen LogP contribution in [0.15, 0.2) is 0 Å². The van der Waals surface area contributed by atoms with Crippen molar-refractivity contribution in [3.63, 3.8) is 0 Å². The van der Waals surface area contributed by atoms with Crippen LogP contribution in [0, 0.1) is 5.92 Å². The van der Waals surface area contributed by atoms with Crippen LogP contribution in [-0.4, -0.2) is 46.7 Å². The van der Waals surface area contributed by atoms with Crippen molar-refractivity contribution in [2.24, 2.45) is 5.92 Å². The van der Waals surface area contributed by atoms with E-state index in [1.54, 1.807) is 0 Å². The first-order chi connectivity index (χ1) is 12.6. The van der Waals surface area contributed by atoms with Crippen molar-refractivity contribution in [2.45, 2.75) is 110 Å². The number of rotatable bonds is 18. The van der Waals surface area contributed by atoms with E-state index in [1.165, 1.54) is 38.5 Å². The van der Waals surface area contributed by atoms with Crippen molar-refractivity contribution >= 4 is 5.97 Å². The summed E-state index contributed by atoms with van der Waals surface area (Å²) in [6, 6.07) is 0. The molecule has 0 aromatic carbocycles. The van der Waals surface area contributed by atoms with Gasteiger partial charge in [-0.3, -0.25) is 4.79 Å². The summed E-state index contributed by atoms with van der Waals surface area (Å²) in [5, 5.41) is 28.7. The second-order valence-corrected chi connectivity index (χ2v) is 7.40. The van der Waals surface area contributed by atoms with Crippen LogP contribution in [-0.2, 0) is 9.53 Å². The maximum atomic E-state index is 12.3. The first-order valence-electron chi connectivity index (χ1n) is 10.7. The molecule has 0 bridgehead atoms. The molecule has 0 saturated carbocycles. The molecule has 0 aromatic rings. The fourth-order valence-electron chi connectivity index (χ4n) is 3.11. The highest BCUT2D eigenvalue weighted by atomic mass is 16.5. The molecule has 0 radical (unpaired) electrons. The van der Waals surface area contributed by atoms with Gasteiger partial charge in [0.25, 0.3) is 0 Å². The van der Waals surface area contributed by atoms with E-state index < -0.39 is 30.7 Å². The summed E-state index contributed by atoms with van der Waals surface area (Å²) in [5.41, 5.74) is 0. The predicted octanol–water partition coefficient (Wildman–Crippen LogP) is 3.97. The lowest BCUT2D eigenvalue weighted by Gasteiger charge is -2.22. The molecule has 0 aliphatic carbocycles. The number of aliphatic hydroxyl groups excluding tert-OH is 3. The Bertz CT molecular complexity index is 322. The first-order valence-corrected chi connectivity index (χ1v) is 10.7. The monoisotopic (exact) mass is 374 g/mol. The van der Waals surface area contributed by atoms with Crippen molar-refractivity contribution in [2.75, 3.05) is 13.2 Å². The predicted molar refractivity (Wildman–Crippen MR) is 105 cm³/mol. The number of hydrogen-bond acceptors (Lipinski definition) is 5. The minimum atomic E-state index is -1.06. The summed E-state index contributed by atoms with van der Waals surface area (Å²) in [5.74, 6) is -0.982. The van der Waals surface area contributed by atoms with Gasteiger partial charge < -0.3 is 20.1 Å². The van der Waals surface area contributed by atoms with E-state index in [2.05, 4.69) is 13.8 Å². The Morgan fingerprint density at radius 1 is 0.808 bits per heavy atom. The fraction of sp³-hybridized carbons (Fsp3) is 0.952. The molecule has 0 amide bonds. The molecule has 0 saturated heterocycles. The number of hydrogen-bond donors (Lipinski definition) is 3. The van der Waals surface area contributed by atoms with Crippen LogP contribution in [0.1, 0.15) is 97.3 Å². The number of esters is 1. The summed E-state index contributed by atoms with van der Waals surface area (Å²) < 4.78 is 5.11. The van der Waals surface area contributed by atoms with Crippen LogP contribution in [0.5, 0.6) is 0 Å². The topological polar surface area (TPSA) is 87.0 Å². The van der Waals surface area contributed by atoms with E-state index in [4.69, 9.17) is 9.84 Å². The number of unbranched alkanes of at least 4 members (excludes halogenated alkanes) is 9. The molecule has 26 heavy (non-hydrogen) atoms. The van der Waals surface area contributed by atoms with E-state index in [0.29, 0.717) is 12.8 Å². The quantitative estimate of drug-likeness (QED) is 0.250. The second kappa shape index (κ2) is 17.7. The third kappa shape index (κ3) is 13.5. The molecule has 0 aliphatic heterocycles. The third-order valence-electron chi connectivity index (χ3n) is 4.87. The van der Waals surface area contributed by atoms with E-state index in [0.717, 1.165) is 32.1 Å². The second-order valence-electron chi connectivity index (χ2n) is 7.40.